The van der Waals surface area contributed by atoms with Crippen LogP contribution in [0.3, 0.4) is 0 Å². The third-order valence-electron chi connectivity index (χ3n) is 3.54. The van der Waals surface area contributed by atoms with Crippen LogP contribution >= 0.6 is 0 Å². The van der Waals surface area contributed by atoms with Crippen molar-refractivity contribution >= 4 is 5.91 Å². The average molecular weight is 283 g/mol. The second-order valence-electron chi connectivity index (χ2n) is 5.06. The molecular weight excluding hydrogens is 262 g/mol. The average Bonchev–Trinajstić information content (AvgIpc) is 2.54. The molecular formula is C18H21NO2. The van der Waals surface area contributed by atoms with Crippen LogP contribution in [0.15, 0.2) is 48.5 Å². The predicted octanol–water partition coefficient (Wildman–Crippen LogP) is 3.89. The maximum Gasteiger partial charge on any atom is 0.255 e. The summed E-state index contributed by atoms with van der Waals surface area (Å²) >= 11 is 0. The van der Waals surface area contributed by atoms with Gasteiger partial charge in [0.2, 0.25) is 0 Å². The van der Waals surface area contributed by atoms with E-state index in [0.29, 0.717) is 11.3 Å². The van der Waals surface area contributed by atoms with Crippen LogP contribution in [0.5, 0.6) is 5.75 Å². The quantitative estimate of drug-likeness (QED) is 0.904. The molecule has 1 amide bonds. The molecule has 2 aromatic rings. The molecule has 0 radical (unpaired) electrons. The van der Waals surface area contributed by atoms with Gasteiger partial charge in [-0.2, -0.15) is 0 Å². The molecule has 3 nitrogen and oxygen atoms in total. The van der Waals surface area contributed by atoms with Crippen LogP contribution in [-0.2, 0) is 0 Å². The number of carbonyl (C=O) groups excluding carboxylic acids is 1. The van der Waals surface area contributed by atoms with Gasteiger partial charge in [-0.05, 0) is 36.6 Å². The Morgan fingerprint density at radius 3 is 2.48 bits per heavy atom. The number of hydrogen-bond acceptors (Lipinski definition) is 2. The van der Waals surface area contributed by atoms with Crippen molar-refractivity contribution in [3.63, 3.8) is 0 Å². The largest absolute Gasteiger partial charge is 0.496 e. The Kier molecular flexibility index (Phi) is 4.99. The summed E-state index contributed by atoms with van der Waals surface area (Å²) in [5.41, 5.74) is 2.66. The normalized spacial score (nSPS) is 11.8. The molecule has 0 aliphatic rings. The van der Waals surface area contributed by atoms with Gasteiger partial charge in [-0.1, -0.05) is 43.3 Å². The van der Waals surface area contributed by atoms with Crippen molar-refractivity contribution in [2.24, 2.45) is 0 Å². The Bertz CT molecular complexity index is 608. The van der Waals surface area contributed by atoms with E-state index in [-0.39, 0.29) is 11.9 Å². The molecule has 21 heavy (non-hydrogen) atoms. The standard InChI is InChI=1S/C18H21NO2/c1-4-13(2)19-18(20)16-12-15(10-11-17(16)21-3)14-8-6-5-7-9-14/h5-13H,4H2,1-3H3,(H,19,20). The van der Waals surface area contributed by atoms with Crippen molar-refractivity contribution in [3.8, 4) is 16.9 Å². The van der Waals surface area contributed by atoms with E-state index >= 15 is 0 Å². The van der Waals surface area contributed by atoms with Gasteiger partial charge in [0.15, 0.2) is 0 Å². The van der Waals surface area contributed by atoms with E-state index in [1.807, 2.05) is 62.4 Å². The molecule has 0 aliphatic heterocycles. The third kappa shape index (κ3) is 3.63. The van der Waals surface area contributed by atoms with Crippen LogP contribution in [0.25, 0.3) is 11.1 Å². The Morgan fingerprint density at radius 2 is 1.86 bits per heavy atom. The number of benzene rings is 2. The van der Waals surface area contributed by atoms with Gasteiger partial charge in [0.1, 0.15) is 5.75 Å². The molecule has 0 bridgehead atoms. The first-order valence-corrected chi connectivity index (χ1v) is 7.20. The summed E-state index contributed by atoms with van der Waals surface area (Å²) in [7, 11) is 1.58. The molecule has 1 N–H and O–H groups in total. The fraction of sp³-hybridized carbons (Fsp3) is 0.278. The zero-order valence-electron chi connectivity index (χ0n) is 12.7. The highest BCUT2D eigenvalue weighted by Gasteiger charge is 2.15. The summed E-state index contributed by atoms with van der Waals surface area (Å²) in [5.74, 6) is 0.495. The number of methoxy groups -OCH3 is 1. The molecule has 2 rings (SSSR count). The van der Waals surface area contributed by atoms with Gasteiger partial charge in [-0.25, -0.2) is 0 Å². The van der Waals surface area contributed by atoms with Crippen LogP contribution in [0, 0.1) is 0 Å². The molecule has 0 saturated carbocycles. The molecule has 3 heteroatoms. The fourth-order valence-electron chi connectivity index (χ4n) is 2.10. The number of hydrogen-bond donors (Lipinski definition) is 1. The van der Waals surface area contributed by atoms with E-state index in [0.717, 1.165) is 17.5 Å². The van der Waals surface area contributed by atoms with Gasteiger partial charge >= 0.3 is 0 Å². The van der Waals surface area contributed by atoms with Crippen LogP contribution < -0.4 is 10.1 Å². The molecule has 0 spiro atoms. The van der Waals surface area contributed by atoms with Gasteiger partial charge in [0, 0.05) is 6.04 Å². The first kappa shape index (κ1) is 15.1. The van der Waals surface area contributed by atoms with Crippen LogP contribution in [0.1, 0.15) is 30.6 Å². The lowest BCUT2D eigenvalue weighted by Crippen LogP contribution is -2.32. The van der Waals surface area contributed by atoms with Crippen molar-refractivity contribution < 1.29 is 9.53 Å². The number of ether oxygens (including phenoxy) is 1. The Hall–Kier alpha value is -2.29. The number of nitrogens with one attached hydrogen (secondary N) is 1. The van der Waals surface area contributed by atoms with E-state index in [9.17, 15) is 4.79 Å². The van der Waals surface area contributed by atoms with Gasteiger partial charge in [0.25, 0.3) is 5.91 Å². The molecule has 1 unspecified atom stereocenters. The molecule has 0 saturated heterocycles. The van der Waals surface area contributed by atoms with Crippen LogP contribution in [0.4, 0.5) is 0 Å². The summed E-state index contributed by atoms with van der Waals surface area (Å²) < 4.78 is 5.31. The highest BCUT2D eigenvalue weighted by molar-refractivity contribution is 5.98. The number of rotatable bonds is 5. The zero-order valence-corrected chi connectivity index (χ0v) is 12.7. The minimum atomic E-state index is -0.0982. The van der Waals surface area contributed by atoms with Gasteiger partial charge in [-0.3, -0.25) is 4.79 Å². The van der Waals surface area contributed by atoms with E-state index in [4.69, 9.17) is 4.74 Å². The number of carbonyl (C=O) groups is 1. The van der Waals surface area contributed by atoms with Crippen molar-refractivity contribution in [2.45, 2.75) is 26.3 Å². The summed E-state index contributed by atoms with van der Waals surface area (Å²) in [6.45, 7) is 4.04. The lowest BCUT2D eigenvalue weighted by atomic mass is 10.0. The summed E-state index contributed by atoms with van der Waals surface area (Å²) in [4.78, 5) is 12.4. The fourth-order valence-corrected chi connectivity index (χ4v) is 2.10. The highest BCUT2D eigenvalue weighted by Crippen LogP contribution is 2.26. The Morgan fingerprint density at radius 1 is 1.14 bits per heavy atom. The molecule has 2 aromatic carbocycles. The minimum absolute atomic E-state index is 0.0982. The molecule has 0 fully saturated rings. The van der Waals surface area contributed by atoms with Crippen molar-refractivity contribution in [1.82, 2.24) is 5.32 Å². The SMILES string of the molecule is CCC(C)NC(=O)c1cc(-c2ccccc2)ccc1OC. The molecule has 1 atom stereocenters. The predicted molar refractivity (Wildman–Crippen MR) is 85.6 cm³/mol. The first-order chi connectivity index (χ1) is 10.2. The van der Waals surface area contributed by atoms with E-state index in [2.05, 4.69) is 5.32 Å². The second-order valence-corrected chi connectivity index (χ2v) is 5.06. The van der Waals surface area contributed by atoms with Gasteiger partial charge in [0.05, 0.1) is 12.7 Å². The number of amides is 1. The molecule has 0 heterocycles. The topological polar surface area (TPSA) is 38.3 Å². The first-order valence-electron chi connectivity index (χ1n) is 7.20. The minimum Gasteiger partial charge on any atom is -0.496 e. The molecule has 0 aliphatic carbocycles. The highest BCUT2D eigenvalue weighted by atomic mass is 16.5. The molecule has 0 aromatic heterocycles. The molecule has 110 valence electrons. The zero-order chi connectivity index (χ0) is 15.2. The van der Waals surface area contributed by atoms with Crippen molar-refractivity contribution in [1.29, 1.82) is 0 Å². The Balaban J connectivity index is 2.37. The Labute approximate surface area is 126 Å². The van der Waals surface area contributed by atoms with Crippen molar-refractivity contribution in [3.05, 3.63) is 54.1 Å². The van der Waals surface area contributed by atoms with Gasteiger partial charge in [-0.15, -0.1) is 0 Å². The summed E-state index contributed by atoms with van der Waals surface area (Å²) in [5, 5.41) is 2.98. The second kappa shape index (κ2) is 6.93. The third-order valence-corrected chi connectivity index (χ3v) is 3.54. The van der Waals surface area contributed by atoms with Crippen molar-refractivity contribution in [2.75, 3.05) is 7.11 Å². The summed E-state index contributed by atoms with van der Waals surface area (Å²) in [6.07, 6.45) is 0.895. The maximum absolute atomic E-state index is 12.4. The van der Waals surface area contributed by atoms with E-state index < -0.39 is 0 Å². The summed E-state index contributed by atoms with van der Waals surface area (Å²) in [6, 6.07) is 15.8. The van der Waals surface area contributed by atoms with E-state index in [1.54, 1.807) is 7.11 Å². The van der Waals surface area contributed by atoms with Crippen LogP contribution in [0.2, 0.25) is 0 Å². The maximum atomic E-state index is 12.4. The smallest absolute Gasteiger partial charge is 0.255 e. The monoisotopic (exact) mass is 283 g/mol. The lowest BCUT2D eigenvalue weighted by molar-refractivity contribution is 0.0936. The lowest BCUT2D eigenvalue weighted by Gasteiger charge is -2.14. The van der Waals surface area contributed by atoms with Gasteiger partial charge < -0.3 is 10.1 Å². The van der Waals surface area contributed by atoms with Crippen LogP contribution in [-0.4, -0.2) is 19.1 Å². The van der Waals surface area contributed by atoms with E-state index in [1.165, 1.54) is 0 Å².